The van der Waals surface area contributed by atoms with Crippen molar-refractivity contribution < 1.29 is 27.2 Å². The van der Waals surface area contributed by atoms with Crippen LogP contribution in [0.3, 0.4) is 0 Å². The highest BCUT2D eigenvalue weighted by atomic mass is 32.2. The van der Waals surface area contributed by atoms with Crippen molar-refractivity contribution in [2.24, 2.45) is 5.92 Å². The van der Waals surface area contributed by atoms with Gasteiger partial charge in [-0.25, -0.2) is 13.4 Å². The van der Waals surface area contributed by atoms with E-state index in [1.54, 1.807) is 7.11 Å². The third-order valence-electron chi connectivity index (χ3n) is 5.91. The fraction of sp³-hybridized carbons (Fsp3) is 0.320. The molecular formula is C25H28N4O6S. The first kappa shape index (κ1) is 25.2. The minimum Gasteiger partial charge on any atom is -0.496 e. The zero-order valence-corrected chi connectivity index (χ0v) is 20.8. The number of methoxy groups -OCH3 is 1. The van der Waals surface area contributed by atoms with Gasteiger partial charge in [0, 0.05) is 30.1 Å². The van der Waals surface area contributed by atoms with E-state index in [-0.39, 0.29) is 30.2 Å². The van der Waals surface area contributed by atoms with Crippen molar-refractivity contribution in [3.05, 3.63) is 77.5 Å². The van der Waals surface area contributed by atoms with Crippen LogP contribution in [-0.2, 0) is 27.8 Å². The topological polar surface area (TPSA) is 140 Å². The molecule has 1 saturated carbocycles. The van der Waals surface area contributed by atoms with E-state index in [1.807, 2.05) is 24.3 Å². The van der Waals surface area contributed by atoms with Crippen molar-refractivity contribution in [3.63, 3.8) is 0 Å². The molecule has 0 bridgehead atoms. The lowest BCUT2D eigenvalue weighted by atomic mass is 10.1. The molecule has 1 aromatic heterocycles. The number of hydrogen-bond donors (Lipinski definition) is 3. The summed E-state index contributed by atoms with van der Waals surface area (Å²) in [6.07, 6.45) is 3.59. The summed E-state index contributed by atoms with van der Waals surface area (Å²) in [5, 5.41) is 5.73. The molecular weight excluding hydrogens is 484 g/mol. The van der Waals surface area contributed by atoms with Crippen LogP contribution in [0, 0.1) is 5.92 Å². The van der Waals surface area contributed by atoms with Gasteiger partial charge in [0.15, 0.2) is 6.39 Å². The summed E-state index contributed by atoms with van der Waals surface area (Å²) in [4.78, 5) is 29.2. The highest BCUT2D eigenvalue weighted by molar-refractivity contribution is 7.92. The summed E-state index contributed by atoms with van der Waals surface area (Å²) >= 11 is 0. The number of sulfonamides is 1. The van der Waals surface area contributed by atoms with Gasteiger partial charge in [0.05, 0.1) is 19.9 Å². The predicted molar refractivity (Wildman–Crippen MR) is 133 cm³/mol. The minimum absolute atomic E-state index is 0.00548. The van der Waals surface area contributed by atoms with E-state index in [1.165, 1.54) is 30.7 Å². The van der Waals surface area contributed by atoms with Crippen LogP contribution in [0.2, 0.25) is 0 Å². The summed E-state index contributed by atoms with van der Waals surface area (Å²) < 4.78 is 35.8. The average Bonchev–Trinajstić information content (AvgIpc) is 3.53. The van der Waals surface area contributed by atoms with Crippen molar-refractivity contribution in [1.82, 2.24) is 15.6 Å². The Bertz CT molecular complexity index is 1340. The standard InChI is InChI=1S/C25H28N4O6S/c1-34-22-6-4-3-5-18(22)19-13-20(19)25(31)26-12-11-23-21(28-15-35-23)14-27-24(30)16-7-9-17(10-8-16)29-36(2,32)33/h3-10,15,19-20,29H,11-14H2,1-2H3,(H,26,31)(H,27,30)/t19-,20+/m0/s1. The number of carbonyl (C=O) groups is 2. The van der Waals surface area contributed by atoms with Crippen molar-refractivity contribution in [2.45, 2.75) is 25.3 Å². The van der Waals surface area contributed by atoms with Crippen LogP contribution < -0.4 is 20.1 Å². The lowest BCUT2D eigenvalue weighted by Crippen LogP contribution is -2.28. The normalized spacial score (nSPS) is 16.7. The monoisotopic (exact) mass is 512 g/mol. The Morgan fingerprint density at radius 1 is 1.11 bits per heavy atom. The Hall–Kier alpha value is -3.86. The van der Waals surface area contributed by atoms with Crippen molar-refractivity contribution in [3.8, 4) is 5.75 Å². The van der Waals surface area contributed by atoms with E-state index in [4.69, 9.17) is 9.15 Å². The lowest BCUT2D eigenvalue weighted by molar-refractivity contribution is -0.122. The highest BCUT2D eigenvalue weighted by Crippen LogP contribution is 2.50. The van der Waals surface area contributed by atoms with E-state index in [0.29, 0.717) is 35.7 Å². The summed E-state index contributed by atoms with van der Waals surface area (Å²) in [5.41, 5.74) is 2.37. The molecule has 2 amide bonds. The van der Waals surface area contributed by atoms with Crippen molar-refractivity contribution in [2.75, 3.05) is 24.6 Å². The molecule has 0 aliphatic heterocycles. The van der Waals surface area contributed by atoms with Crippen LogP contribution in [0.15, 0.2) is 59.3 Å². The van der Waals surface area contributed by atoms with Crippen molar-refractivity contribution in [1.29, 1.82) is 0 Å². The zero-order chi connectivity index (χ0) is 25.7. The van der Waals surface area contributed by atoms with Crippen LogP contribution in [0.5, 0.6) is 5.75 Å². The smallest absolute Gasteiger partial charge is 0.251 e. The fourth-order valence-electron chi connectivity index (χ4n) is 4.04. The van der Waals surface area contributed by atoms with Gasteiger partial charge in [-0.15, -0.1) is 0 Å². The Kier molecular flexibility index (Phi) is 7.58. The van der Waals surface area contributed by atoms with Gasteiger partial charge in [-0.05, 0) is 48.2 Å². The van der Waals surface area contributed by atoms with Crippen LogP contribution in [0.1, 0.15) is 39.7 Å². The number of rotatable bonds is 11. The number of ether oxygens (including phenoxy) is 1. The van der Waals surface area contributed by atoms with E-state index >= 15 is 0 Å². The Morgan fingerprint density at radius 3 is 2.58 bits per heavy atom. The molecule has 3 N–H and O–H groups in total. The summed E-state index contributed by atoms with van der Waals surface area (Å²) in [6.45, 7) is 0.541. The van der Waals surface area contributed by atoms with Crippen LogP contribution >= 0.6 is 0 Å². The average molecular weight is 513 g/mol. The number of nitrogens with zero attached hydrogens (tertiary/aromatic N) is 1. The van der Waals surface area contributed by atoms with E-state index < -0.39 is 10.0 Å². The first-order valence-electron chi connectivity index (χ1n) is 11.4. The van der Waals surface area contributed by atoms with Gasteiger partial charge in [-0.2, -0.15) is 0 Å². The number of benzene rings is 2. The van der Waals surface area contributed by atoms with Gasteiger partial charge < -0.3 is 19.8 Å². The quantitative estimate of drug-likeness (QED) is 0.359. The molecule has 0 unspecified atom stereocenters. The molecule has 3 aromatic rings. The summed E-state index contributed by atoms with van der Waals surface area (Å²) in [5.74, 6) is 1.13. The molecule has 10 nitrogen and oxygen atoms in total. The number of oxazole rings is 1. The highest BCUT2D eigenvalue weighted by Gasteiger charge is 2.45. The van der Waals surface area contributed by atoms with Gasteiger partial charge in [0.1, 0.15) is 17.2 Å². The Morgan fingerprint density at radius 2 is 1.86 bits per heavy atom. The summed E-state index contributed by atoms with van der Waals surface area (Å²) in [6, 6.07) is 13.8. The van der Waals surface area contributed by atoms with Gasteiger partial charge in [-0.3, -0.25) is 14.3 Å². The largest absolute Gasteiger partial charge is 0.496 e. The fourth-order valence-corrected chi connectivity index (χ4v) is 4.61. The van der Waals surface area contributed by atoms with E-state index in [2.05, 4.69) is 20.3 Å². The second kappa shape index (κ2) is 10.8. The molecule has 1 heterocycles. The molecule has 0 spiro atoms. The third-order valence-corrected chi connectivity index (χ3v) is 6.52. The number of carbonyl (C=O) groups excluding carboxylic acids is 2. The molecule has 0 radical (unpaired) electrons. The molecule has 1 aliphatic rings. The van der Waals surface area contributed by atoms with Gasteiger partial charge in [0.2, 0.25) is 15.9 Å². The molecule has 1 aliphatic carbocycles. The second-order valence-electron chi connectivity index (χ2n) is 8.59. The number of aromatic nitrogens is 1. The first-order chi connectivity index (χ1) is 17.2. The van der Waals surface area contributed by atoms with E-state index in [9.17, 15) is 18.0 Å². The van der Waals surface area contributed by atoms with Crippen LogP contribution in [0.4, 0.5) is 5.69 Å². The number of para-hydroxylation sites is 1. The molecule has 2 atom stereocenters. The SMILES string of the molecule is COc1ccccc1[C@@H]1C[C@H]1C(=O)NCCc1ocnc1CNC(=O)c1ccc(NS(C)(=O)=O)cc1. The van der Waals surface area contributed by atoms with Gasteiger partial charge in [-0.1, -0.05) is 18.2 Å². The predicted octanol–water partition coefficient (Wildman–Crippen LogP) is 2.45. The molecule has 4 rings (SSSR count). The zero-order valence-electron chi connectivity index (χ0n) is 20.0. The van der Waals surface area contributed by atoms with E-state index in [0.717, 1.165) is 24.0 Å². The maximum absolute atomic E-state index is 12.6. The Labute approximate surface area is 209 Å². The second-order valence-corrected chi connectivity index (χ2v) is 10.3. The van der Waals surface area contributed by atoms with Gasteiger partial charge >= 0.3 is 0 Å². The van der Waals surface area contributed by atoms with Crippen molar-refractivity contribution >= 4 is 27.5 Å². The number of hydrogen-bond acceptors (Lipinski definition) is 7. The number of nitrogens with one attached hydrogen (secondary N) is 3. The van der Waals surface area contributed by atoms with Crippen LogP contribution in [-0.4, -0.2) is 45.1 Å². The maximum Gasteiger partial charge on any atom is 0.251 e. The minimum atomic E-state index is -3.39. The Balaban J connectivity index is 1.23. The molecule has 190 valence electrons. The van der Waals surface area contributed by atoms with Gasteiger partial charge in [0.25, 0.3) is 5.91 Å². The third kappa shape index (κ3) is 6.42. The first-order valence-corrected chi connectivity index (χ1v) is 13.3. The number of amides is 2. The molecule has 11 heteroatoms. The summed E-state index contributed by atoms with van der Waals surface area (Å²) in [7, 11) is -1.76. The van der Waals surface area contributed by atoms with Crippen LogP contribution in [0.25, 0.3) is 0 Å². The molecule has 36 heavy (non-hydrogen) atoms. The molecule has 0 saturated heterocycles. The molecule has 2 aromatic carbocycles. The number of anilines is 1. The lowest BCUT2D eigenvalue weighted by Gasteiger charge is -2.08. The maximum atomic E-state index is 12.6. The molecule has 1 fully saturated rings.